The van der Waals surface area contributed by atoms with Gasteiger partial charge in [0.1, 0.15) is 0 Å². The predicted molar refractivity (Wildman–Crippen MR) is 71.5 cm³/mol. The molecule has 0 aromatic carbocycles. The fourth-order valence-electron chi connectivity index (χ4n) is 2.18. The van der Waals surface area contributed by atoms with Crippen LogP contribution in [0.15, 0.2) is 0 Å². The lowest BCUT2D eigenvalue weighted by molar-refractivity contribution is 0.208. The minimum absolute atomic E-state index is 0.194. The second-order valence-corrected chi connectivity index (χ2v) is 8.29. The first-order valence-electron chi connectivity index (χ1n) is 6.36. The van der Waals surface area contributed by atoms with Gasteiger partial charge < -0.3 is 5.32 Å². The lowest BCUT2D eigenvalue weighted by atomic mass is 9.75. The Bertz CT molecular complexity index is 326. The molecule has 1 saturated carbocycles. The number of nitrogens with zero attached hydrogens (tertiary/aromatic N) is 1. The third kappa shape index (κ3) is 4.94. The van der Waals surface area contributed by atoms with Crippen LogP contribution < -0.4 is 5.32 Å². The molecule has 0 amide bonds. The number of hydrogen-bond acceptors (Lipinski definition) is 3. The summed E-state index contributed by atoms with van der Waals surface area (Å²) < 4.78 is 24.4. The van der Waals surface area contributed by atoms with Crippen molar-refractivity contribution in [3.8, 4) is 0 Å². The van der Waals surface area contributed by atoms with Gasteiger partial charge >= 0.3 is 0 Å². The highest BCUT2D eigenvalue weighted by Gasteiger charge is 2.26. The smallest absolute Gasteiger partial charge is 0.214 e. The molecule has 0 atom stereocenters. The number of sulfonamides is 1. The molecule has 0 heterocycles. The van der Waals surface area contributed by atoms with Gasteiger partial charge in [-0.05, 0) is 31.1 Å². The van der Waals surface area contributed by atoms with Gasteiger partial charge in [0.2, 0.25) is 10.0 Å². The molecule has 5 heteroatoms. The molecule has 1 rings (SSSR count). The molecule has 4 nitrogen and oxygen atoms in total. The molecule has 1 aliphatic carbocycles. The largest absolute Gasteiger partial charge is 0.313 e. The van der Waals surface area contributed by atoms with Crippen LogP contribution in [0.1, 0.15) is 39.5 Å². The average molecular weight is 262 g/mol. The van der Waals surface area contributed by atoms with Crippen molar-refractivity contribution in [2.45, 2.75) is 45.6 Å². The van der Waals surface area contributed by atoms with Gasteiger partial charge in [-0.25, -0.2) is 12.7 Å². The van der Waals surface area contributed by atoms with Gasteiger partial charge in [0.25, 0.3) is 0 Å². The molecule has 0 aromatic rings. The van der Waals surface area contributed by atoms with Crippen LogP contribution in [0.3, 0.4) is 0 Å². The van der Waals surface area contributed by atoms with Crippen LogP contribution in [0.2, 0.25) is 0 Å². The molecule has 0 aliphatic heterocycles. The van der Waals surface area contributed by atoms with Crippen molar-refractivity contribution in [3.05, 3.63) is 0 Å². The molecule has 0 spiro atoms. The molecular weight excluding hydrogens is 236 g/mol. The highest BCUT2D eigenvalue weighted by atomic mass is 32.2. The molecule has 17 heavy (non-hydrogen) atoms. The zero-order chi connectivity index (χ0) is 13.1. The summed E-state index contributed by atoms with van der Waals surface area (Å²) in [5.41, 5.74) is 0.466. The summed E-state index contributed by atoms with van der Waals surface area (Å²) in [4.78, 5) is 0. The maximum absolute atomic E-state index is 11.6. The normalized spacial score (nSPS) is 21.9. The summed E-state index contributed by atoms with van der Waals surface area (Å²) in [6.45, 7) is 5.17. The Morgan fingerprint density at radius 3 is 2.24 bits per heavy atom. The fraction of sp³-hybridized carbons (Fsp3) is 1.00. The molecule has 0 saturated heterocycles. The third-order valence-electron chi connectivity index (χ3n) is 3.69. The van der Waals surface area contributed by atoms with E-state index in [2.05, 4.69) is 19.2 Å². The first-order chi connectivity index (χ1) is 7.73. The lowest BCUT2D eigenvalue weighted by Crippen LogP contribution is -2.39. The number of hydrogen-bond donors (Lipinski definition) is 1. The minimum Gasteiger partial charge on any atom is -0.313 e. The summed E-state index contributed by atoms with van der Waals surface area (Å²) in [6.07, 6.45) is 4.78. The Kier molecular flexibility index (Phi) is 4.98. The van der Waals surface area contributed by atoms with E-state index in [-0.39, 0.29) is 5.75 Å². The van der Waals surface area contributed by atoms with Gasteiger partial charge in [-0.15, -0.1) is 0 Å². The average Bonchev–Trinajstić information content (AvgIpc) is 2.20. The molecule has 0 aromatic heterocycles. The van der Waals surface area contributed by atoms with E-state index in [0.29, 0.717) is 18.0 Å². The van der Waals surface area contributed by atoms with Gasteiger partial charge in [-0.1, -0.05) is 13.8 Å². The van der Waals surface area contributed by atoms with Crippen molar-refractivity contribution < 1.29 is 8.42 Å². The standard InChI is InChI=1S/C12H26N2O2S/c1-12(2)7-5-11(6-8-12)13-9-10-17(15,16)14(3)4/h11,13H,5-10H2,1-4H3. The molecule has 102 valence electrons. The molecule has 0 radical (unpaired) electrons. The van der Waals surface area contributed by atoms with Crippen LogP contribution in [0, 0.1) is 5.41 Å². The van der Waals surface area contributed by atoms with E-state index < -0.39 is 10.0 Å². The summed E-state index contributed by atoms with van der Waals surface area (Å²) >= 11 is 0. The van der Waals surface area contributed by atoms with Crippen LogP contribution in [-0.2, 0) is 10.0 Å². The first-order valence-corrected chi connectivity index (χ1v) is 7.97. The molecule has 0 bridgehead atoms. The van der Waals surface area contributed by atoms with Gasteiger partial charge in [0, 0.05) is 26.7 Å². The van der Waals surface area contributed by atoms with E-state index in [1.165, 1.54) is 17.1 Å². The van der Waals surface area contributed by atoms with Crippen LogP contribution in [0.5, 0.6) is 0 Å². The molecular formula is C12H26N2O2S. The SMILES string of the molecule is CN(C)S(=O)(=O)CCNC1CCC(C)(C)CC1. The Morgan fingerprint density at radius 1 is 1.24 bits per heavy atom. The van der Waals surface area contributed by atoms with Crippen LogP contribution in [-0.4, -0.2) is 45.2 Å². The second-order valence-electron chi connectivity index (χ2n) is 5.99. The molecule has 1 N–H and O–H groups in total. The van der Waals surface area contributed by atoms with E-state index in [4.69, 9.17) is 0 Å². The van der Waals surface area contributed by atoms with Gasteiger partial charge in [-0.2, -0.15) is 0 Å². The van der Waals surface area contributed by atoms with E-state index >= 15 is 0 Å². The third-order valence-corrected chi connectivity index (χ3v) is 5.52. The van der Waals surface area contributed by atoms with E-state index in [0.717, 1.165) is 12.8 Å². The summed E-state index contributed by atoms with van der Waals surface area (Å²) in [5, 5.41) is 3.36. The summed E-state index contributed by atoms with van der Waals surface area (Å²) in [5.74, 6) is 0.194. The maximum atomic E-state index is 11.6. The van der Waals surface area contributed by atoms with Crippen LogP contribution in [0.25, 0.3) is 0 Å². The number of nitrogens with one attached hydrogen (secondary N) is 1. The quantitative estimate of drug-likeness (QED) is 0.815. The zero-order valence-corrected chi connectivity index (χ0v) is 12.3. The monoisotopic (exact) mass is 262 g/mol. The number of rotatable bonds is 5. The highest BCUT2D eigenvalue weighted by molar-refractivity contribution is 7.89. The van der Waals surface area contributed by atoms with Gasteiger partial charge in [-0.3, -0.25) is 0 Å². The van der Waals surface area contributed by atoms with Crippen molar-refractivity contribution in [1.82, 2.24) is 9.62 Å². The molecule has 1 aliphatic rings. The topological polar surface area (TPSA) is 49.4 Å². The maximum Gasteiger partial charge on any atom is 0.214 e. The molecule has 0 unspecified atom stereocenters. The Labute approximate surface area is 106 Å². The van der Waals surface area contributed by atoms with Crippen molar-refractivity contribution >= 4 is 10.0 Å². The lowest BCUT2D eigenvalue weighted by Gasteiger charge is -2.34. The first kappa shape index (κ1) is 14.9. The van der Waals surface area contributed by atoms with Gasteiger partial charge in [0.15, 0.2) is 0 Å². The minimum atomic E-state index is -3.05. The van der Waals surface area contributed by atoms with Crippen molar-refractivity contribution in [1.29, 1.82) is 0 Å². The van der Waals surface area contributed by atoms with Crippen molar-refractivity contribution in [2.24, 2.45) is 5.41 Å². The van der Waals surface area contributed by atoms with E-state index in [1.807, 2.05) is 0 Å². The summed E-state index contributed by atoms with van der Waals surface area (Å²) in [7, 11) is 0.113. The van der Waals surface area contributed by atoms with Crippen molar-refractivity contribution in [3.63, 3.8) is 0 Å². The Morgan fingerprint density at radius 2 is 1.76 bits per heavy atom. The van der Waals surface area contributed by atoms with Crippen LogP contribution in [0.4, 0.5) is 0 Å². The molecule has 1 fully saturated rings. The Balaban J connectivity index is 2.25. The second kappa shape index (κ2) is 5.67. The van der Waals surface area contributed by atoms with Gasteiger partial charge in [0.05, 0.1) is 5.75 Å². The van der Waals surface area contributed by atoms with Crippen molar-refractivity contribution in [2.75, 3.05) is 26.4 Å². The van der Waals surface area contributed by atoms with Crippen LogP contribution >= 0.6 is 0 Å². The fourth-order valence-corrected chi connectivity index (χ4v) is 2.92. The highest BCUT2D eigenvalue weighted by Crippen LogP contribution is 2.34. The van der Waals surface area contributed by atoms with E-state index in [1.54, 1.807) is 14.1 Å². The summed E-state index contributed by atoms with van der Waals surface area (Å²) in [6, 6.07) is 0.500. The Hall–Kier alpha value is -0.130. The predicted octanol–water partition coefficient (Wildman–Crippen LogP) is 1.44. The van der Waals surface area contributed by atoms with E-state index in [9.17, 15) is 8.42 Å². The zero-order valence-electron chi connectivity index (χ0n) is 11.5.